The van der Waals surface area contributed by atoms with Gasteiger partial charge in [0.05, 0.1) is 0 Å². The second-order valence-corrected chi connectivity index (χ2v) is 11.7. The van der Waals surface area contributed by atoms with Crippen molar-refractivity contribution in [1.29, 1.82) is 0 Å². The van der Waals surface area contributed by atoms with Gasteiger partial charge < -0.3 is 37.2 Å². The predicted molar refractivity (Wildman–Crippen MR) is 117 cm³/mol. The van der Waals surface area contributed by atoms with E-state index >= 15 is 0 Å². The monoisotopic (exact) mass is 512 g/mol. The summed E-state index contributed by atoms with van der Waals surface area (Å²) < 4.78 is 0.131. The molecule has 1 unspecified atom stereocenters. The minimum Gasteiger partial charge on any atom is -1.00 e. The molecule has 0 saturated carbocycles. The number of hydrogen-bond acceptors (Lipinski definition) is 0. The quantitative estimate of drug-likeness (QED) is 0.373. The van der Waals surface area contributed by atoms with E-state index in [1.165, 1.54) is 33.4 Å². The molecular weight excluding hydrogens is 483 g/mol. The van der Waals surface area contributed by atoms with Crippen LogP contribution in [-0.4, -0.2) is 9.52 Å². The van der Waals surface area contributed by atoms with Crippen LogP contribution in [-0.2, 0) is 20.4 Å². The standard InChI is InChI=1S/C25H31Si.3ClH.Ti/c1-15-9-8-10-22(12-15)25(24-20(6)18(4)19(5)21(24)7)26-23-13-16(2)11-17(3)14-23;;;;/h8-14,25H,26H2,1-7H3;3*1H;/q;;;;+3/p-3. The third-order valence-electron chi connectivity index (χ3n) is 6.56. The van der Waals surface area contributed by atoms with E-state index in [1.54, 1.807) is 16.3 Å². The molecule has 1 aliphatic rings. The molecule has 30 heavy (non-hydrogen) atoms. The van der Waals surface area contributed by atoms with E-state index in [4.69, 9.17) is 0 Å². The number of rotatable bonds is 4. The van der Waals surface area contributed by atoms with Gasteiger partial charge in [-0.25, -0.2) is 0 Å². The third-order valence-corrected chi connectivity index (χ3v) is 11.3. The first-order valence-corrected chi connectivity index (χ1v) is 12.2. The first-order valence-electron chi connectivity index (χ1n) is 9.89. The molecule has 0 amide bonds. The summed E-state index contributed by atoms with van der Waals surface area (Å²) in [4.78, 5) is 0. The second-order valence-electron chi connectivity index (χ2n) is 8.47. The first-order chi connectivity index (χ1) is 12.6. The van der Waals surface area contributed by atoms with E-state index in [-0.39, 0.29) is 40.9 Å². The van der Waals surface area contributed by atoms with Crippen molar-refractivity contribution in [3.05, 3.63) is 87.0 Å². The van der Waals surface area contributed by atoms with E-state index in [1.807, 2.05) is 0 Å². The summed E-state index contributed by atoms with van der Waals surface area (Å²) in [7, 11) is -0.518. The molecule has 0 bridgehead atoms. The number of aryl methyl sites for hydroxylation is 3. The maximum absolute atomic E-state index is 2.50. The van der Waals surface area contributed by atoms with E-state index < -0.39 is 9.52 Å². The molecule has 160 valence electrons. The van der Waals surface area contributed by atoms with Gasteiger partial charge in [0.1, 0.15) is 0 Å². The fourth-order valence-corrected chi connectivity index (χ4v) is 8.87. The van der Waals surface area contributed by atoms with Crippen LogP contribution in [0.4, 0.5) is 0 Å². The van der Waals surface area contributed by atoms with Crippen molar-refractivity contribution in [2.75, 3.05) is 0 Å². The van der Waals surface area contributed by atoms with Gasteiger partial charge in [-0.1, -0.05) is 0 Å². The zero-order valence-electron chi connectivity index (χ0n) is 19.0. The Morgan fingerprint density at radius 2 is 1.20 bits per heavy atom. The van der Waals surface area contributed by atoms with Gasteiger partial charge in [-0.2, -0.15) is 0 Å². The van der Waals surface area contributed by atoms with Crippen molar-refractivity contribution in [3.63, 3.8) is 0 Å². The van der Waals surface area contributed by atoms with Gasteiger partial charge in [0.15, 0.2) is 0 Å². The zero-order chi connectivity index (χ0) is 19.9. The Morgan fingerprint density at radius 3 is 1.67 bits per heavy atom. The number of hydrogen-bond donors (Lipinski definition) is 0. The van der Waals surface area contributed by atoms with Crippen molar-refractivity contribution in [1.82, 2.24) is 0 Å². The Morgan fingerprint density at radius 1 is 0.700 bits per heavy atom. The Balaban J connectivity index is 0.00000280. The summed E-state index contributed by atoms with van der Waals surface area (Å²) in [5.41, 5.74) is 12.4. The van der Waals surface area contributed by atoms with Crippen molar-refractivity contribution >= 4 is 14.7 Å². The maximum atomic E-state index is 2.50. The molecule has 0 heterocycles. The predicted octanol–water partition coefficient (Wildman–Crippen LogP) is -3.45. The topological polar surface area (TPSA) is 0 Å². The van der Waals surface area contributed by atoms with Crippen molar-refractivity contribution in [3.8, 4) is 0 Å². The molecule has 2 aromatic carbocycles. The van der Waals surface area contributed by atoms with Crippen LogP contribution in [0, 0.1) is 20.8 Å². The third kappa shape index (κ3) is 5.55. The molecule has 0 aromatic heterocycles. The Labute approximate surface area is 215 Å². The van der Waals surface area contributed by atoms with Gasteiger partial charge in [-0.15, -0.1) is 0 Å². The minimum absolute atomic E-state index is 0. The van der Waals surface area contributed by atoms with Crippen LogP contribution >= 0.6 is 0 Å². The molecule has 0 spiro atoms. The van der Waals surface area contributed by atoms with Crippen molar-refractivity contribution < 1.29 is 57.7 Å². The Kier molecular flexibility index (Phi) is 11.4. The number of halogens is 3. The fraction of sp³-hybridized carbons (Fsp3) is 0.360. The van der Waals surface area contributed by atoms with E-state index in [0.29, 0.717) is 5.54 Å². The van der Waals surface area contributed by atoms with Crippen LogP contribution in [0.15, 0.2) is 64.8 Å². The average Bonchev–Trinajstić information content (AvgIpc) is 2.75. The normalized spacial score (nSPS) is 16.3. The van der Waals surface area contributed by atoms with Gasteiger partial charge in [0.25, 0.3) is 0 Å². The minimum atomic E-state index is -0.518. The van der Waals surface area contributed by atoms with E-state index in [0.717, 1.165) is 0 Å². The van der Waals surface area contributed by atoms with Crippen molar-refractivity contribution in [2.24, 2.45) is 0 Å². The van der Waals surface area contributed by atoms with E-state index in [9.17, 15) is 0 Å². The summed E-state index contributed by atoms with van der Waals surface area (Å²) >= 11 is 2.50. The molecule has 1 aliphatic carbocycles. The van der Waals surface area contributed by atoms with E-state index in [2.05, 4.69) is 111 Å². The van der Waals surface area contributed by atoms with Crippen LogP contribution in [0.5, 0.6) is 0 Å². The largest absolute Gasteiger partial charge is 1.00 e. The molecule has 0 nitrogen and oxygen atoms in total. The molecule has 0 saturated heterocycles. The van der Waals surface area contributed by atoms with Crippen LogP contribution in [0.25, 0.3) is 0 Å². The summed E-state index contributed by atoms with van der Waals surface area (Å²) in [6.45, 7) is 16.0. The summed E-state index contributed by atoms with van der Waals surface area (Å²) in [6, 6.07) is 16.4. The summed E-state index contributed by atoms with van der Waals surface area (Å²) in [5, 5.41) is 1.59. The van der Waals surface area contributed by atoms with Crippen LogP contribution < -0.4 is 42.4 Å². The second kappa shape index (κ2) is 11.5. The molecule has 2 aromatic rings. The zero-order valence-corrected chi connectivity index (χ0v) is 24.2. The SMILES string of the molecule is CC1=C(C)[C]([Ti+3])(C([SiH2]c2cc(C)cc(C)c2)c2cccc(C)c2)C(C)=C1C.[Cl-].[Cl-].[Cl-]. The average molecular weight is 514 g/mol. The Hall–Kier alpha value is -0.279. The van der Waals surface area contributed by atoms with Gasteiger partial charge in [0, 0.05) is 0 Å². The van der Waals surface area contributed by atoms with Gasteiger partial charge in [-0.3, -0.25) is 0 Å². The molecule has 3 rings (SSSR count). The van der Waals surface area contributed by atoms with Crippen molar-refractivity contribution in [2.45, 2.75) is 57.7 Å². The molecular formula is C25H31Cl3SiTi. The Bertz CT molecular complexity index is 918. The molecule has 5 heteroatoms. The maximum Gasteiger partial charge on any atom is -1.00 e. The van der Waals surface area contributed by atoms with Gasteiger partial charge in [0.2, 0.25) is 0 Å². The smallest absolute Gasteiger partial charge is 1.00 e. The summed E-state index contributed by atoms with van der Waals surface area (Å²) in [6.07, 6.45) is 0. The molecule has 0 N–H and O–H groups in total. The first kappa shape index (κ1) is 29.7. The molecule has 0 aliphatic heterocycles. The van der Waals surface area contributed by atoms with Crippen LogP contribution in [0.2, 0.25) is 3.72 Å². The number of benzene rings is 2. The van der Waals surface area contributed by atoms with Crippen LogP contribution in [0.1, 0.15) is 55.5 Å². The fourth-order valence-electron chi connectivity index (χ4n) is 4.79. The van der Waals surface area contributed by atoms with Gasteiger partial charge in [-0.05, 0) is 0 Å². The van der Waals surface area contributed by atoms with Crippen LogP contribution in [0.3, 0.4) is 0 Å². The summed E-state index contributed by atoms with van der Waals surface area (Å²) in [5.74, 6) is 0. The molecule has 0 fully saturated rings. The molecule has 0 radical (unpaired) electrons. The van der Waals surface area contributed by atoms with Gasteiger partial charge >= 0.3 is 180 Å². The molecule has 1 atom stereocenters. The number of allylic oxidation sites excluding steroid dienone is 4.